The molecule has 18 heavy (non-hydrogen) atoms. The second-order valence-corrected chi connectivity index (χ2v) is 5.54. The van der Waals surface area contributed by atoms with Gasteiger partial charge in [0.25, 0.3) is 5.91 Å². The molecule has 0 aliphatic carbocycles. The van der Waals surface area contributed by atoms with Crippen LogP contribution < -0.4 is 11.1 Å². The minimum atomic E-state index is -0.238. The molecule has 94 valence electrons. The fourth-order valence-corrected chi connectivity index (χ4v) is 2.89. The Bertz CT molecular complexity index is 558. The van der Waals surface area contributed by atoms with E-state index < -0.39 is 0 Å². The summed E-state index contributed by atoms with van der Waals surface area (Å²) in [5.41, 5.74) is 5.57. The topological polar surface area (TPSA) is 55.1 Å². The summed E-state index contributed by atoms with van der Waals surface area (Å²) in [6, 6.07) is 9.57. The standard InChI is InChI=1S/C13H14N2OS2/c1-2-9(12(14)17)15-13(16)11-7-8-5-3-4-6-10(8)18-11/h3-7,9H,2H2,1H3,(H2,14,17)(H,15,16). The summed E-state index contributed by atoms with van der Waals surface area (Å²) in [6.07, 6.45) is 0.700. The summed E-state index contributed by atoms with van der Waals surface area (Å²) in [5, 5.41) is 3.93. The van der Waals surface area contributed by atoms with Gasteiger partial charge in [0.15, 0.2) is 0 Å². The Kier molecular flexibility index (Phi) is 3.93. The van der Waals surface area contributed by atoms with Crippen LogP contribution in [0.25, 0.3) is 10.1 Å². The molecule has 1 heterocycles. The van der Waals surface area contributed by atoms with E-state index in [0.29, 0.717) is 16.3 Å². The van der Waals surface area contributed by atoms with Crippen molar-refractivity contribution in [2.75, 3.05) is 0 Å². The van der Waals surface area contributed by atoms with Crippen LogP contribution in [0.1, 0.15) is 23.0 Å². The van der Waals surface area contributed by atoms with Crippen molar-refractivity contribution in [2.24, 2.45) is 5.73 Å². The van der Waals surface area contributed by atoms with Crippen LogP contribution in [-0.2, 0) is 0 Å². The number of thiophene rings is 1. The van der Waals surface area contributed by atoms with Crippen LogP contribution in [0.4, 0.5) is 0 Å². The summed E-state index contributed by atoms with van der Waals surface area (Å²) in [5.74, 6) is -0.115. The van der Waals surface area contributed by atoms with Gasteiger partial charge in [-0.15, -0.1) is 11.3 Å². The number of nitrogens with two attached hydrogens (primary N) is 1. The van der Waals surface area contributed by atoms with Gasteiger partial charge in [-0.05, 0) is 23.9 Å². The fraction of sp³-hybridized carbons (Fsp3) is 0.231. The summed E-state index contributed by atoms with van der Waals surface area (Å²) in [4.78, 5) is 13.1. The molecule has 1 amide bonds. The number of carbonyl (C=O) groups is 1. The summed E-state index contributed by atoms with van der Waals surface area (Å²) in [7, 11) is 0. The number of nitrogens with one attached hydrogen (secondary N) is 1. The van der Waals surface area contributed by atoms with Crippen LogP contribution in [0.3, 0.4) is 0 Å². The molecule has 1 atom stereocenters. The number of carbonyl (C=O) groups excluding carboxylic acids is 1. The van der Waals surface area contributed by atoms with Crippen molar-refractivity contribution in [1.29, 1.82) is 0 Å². The Morgan fingerprint density at radius 3 is 2.83 bits per heavy atom. The second-order valence-electron chi connectivity index (χ2n) is 3.99. The Balaban J connectivity index is 2.20. The lowest BCUT2D eigenvalue weighted by atomic mass is 10.2. The average molecular weight is 278 g/mol. The molecule has 0 bridgehead atoms. The molecule has 3 N–H and O–H groups in total. The van der Waals surface area contributed by atoms with E-state index in [2.05, 4.69) is 5.32 Å². The number of rotatable bonds is 4. The Hall–Kier alpha value is -1.46. The molecular weight excluding hydrogens is 264 g/mol. The normalized spacial score (nSPS) is 12.3. The van der Waals surface area contributed by atoms with E-state index in [-0.39, 0.29) is 11.9 Å². The molecule has 0 radical (unpaired) electrons. The molecule has 0 saturated heterocycles. The smallest absolute Gasteiger partial charge is 0.261 e. The Morgan fingerprint density at radius 2 is 2.22 bits per heavy atom. The number of fused-ring (bicyclic) bond motifs is 1. The number of thiocarbonyl (C=S) groups is 1. The van der Waals surface area contributed by atoms with Crippen LogP contribution in [0.2, 0.25) is 0 Å². The van der Waals surface area contributed by atoms with Crippen molar-refractivity contribution in [3.63, 3.8) is 0 Å². The van der Waals surface area contributed by atoms with Crippen molar-refractivity contribution in [3.05, 3.63) is 35.2 Å². The van der Waals surface area contributed by atoms with Gasteiger partial charge < -0.3 is 11.1 Å². The maximum atomic E-state index is 12.1. The van der Waals surface area contributed by atoms with E-state index in [0.717, 1.165) is 10.1 Å². The highest BCUT2D eigenvalue weighted by atomic mass is 32.1. The van der Waals surface area contributed by atoms with Gasteiger partial charge >= 0.3 is 0 Å². The molecule has 3 nitrogen and oxygen atoms in total. The molecule has 0 spiro atoms. The highest BCUT2D eigenvalue weighted by Gasteiger charge is 2.16. The zero-order valence-corrected chi connectivity index (χ0v) is 11.6. The van der Waals surface area contributed by atoms with E-state index >= 15 is 0 Å². The SMILES string of the molecule is CCC(NC(=O)c1cc2ccccc2s1)C(N)=S. The first-order chi connectivity index (χ1) is 8.61. The van der Waals surface area contributed by atoms with E-state index in [4.69, 9.17) is 18.0 Å². The Labute approximate surface area is 115 Å². The second kappa shape index (κ2) is 5.46. The molecule has 2 rings (SSSR count). The molecule has 0 aliphatic heterocycles. The lowest BCUT2D eigenvalue weighted by Gasteiger charge is -2.14. The molecule has 0 saturated carbocycles. The van der Waals surface area contributed by atoms with Crippen molar-refractivity contribution in [3.8, 4) is 0 Å². The summed E-state index contributed by atoms with van der Waals surface area (Å²) >= 11 is 6.39. The molecule has 2 aromatic rings. The largest absolute Gasteiger partial charge is 0.392 e. The number of benzene rings is 1. The van der Waals surface area contributed by atoms with Crippen LogP contribution in [-0.4, -0.2) is 16.9 Å². The van der Waals surface area contributed by atoms with Crippen LogP contribution in [0.15, 0.2) is 30.3 Å². The van der Waals surface area contributed by atoms with Crippen LogP contribution in [0.5, 0.6) is 0 Å². The molecule has 1 aromatic heterocycles. The third-order valence-electron chi connectivity index (χ3n) is 2.71. The van der Waals surface area contributed by atoms with Gasteiger partial charge in [-0.3, -0.25) is 4.79 Å². The summed E-state index contributed by atoms with van der Waals surface area (Å²) < 4.78 is 1.10. The molecule has 1 unspecified atom stereocenters. The number of hydrogen-bond donors (Lipinski definition) is 2. The van der Waals surface area contributed by atoms with Crippen molar-refractivity contribution in [1.82, 2.24) is 5.32 Å². The van der Waals surface area contributed by atoms with Crippen molar-refractivity contribution in [2.45, 2.75) is 19.4 Å². The monoisotopic (exact) mass is 278 g/mol. The zero-order valence-electron chi connectivity index (χ0n) is 9.97. The van der Waals surface area contributed by atoms with E-state index in [1.165, 1.54) is 11.3 Å². The van der Waals surface area contributed by atoms with E-state index in [9.17, 15) is 4.79 Å². The number of amides is 1. The predicted octanol–water partition coefficient (Wildman–Crippen LogP) is 2.70. The van der Waals surface area contributed by atoms with Gasteiger partial charge in [-0.25, -0.2) is 0 Å². The molecule has 1 aromatic carbocycles. The first kappa shape index (κ1) is 13.0. The number of hydrogen-bond acceptors (Lipinski definition) is 3. The third kappa shape index (κ3) is 2.68. The highest BCUT2D eigenvalue weighted by Crippen LogP contribution is 2.25. The van der Waals surface area contributed by atoms with Crippen molar-refractivity contribution < 1.29 is 4.79 Å². The minimum absolute atomic E-state index is 0.115. The van der Waals surface area contributed by atoms with Gasteiger partial charge in [0.2, 0.25) is 0 Å². The molecular formula is C13H14N2OS2. The van der Waals surface area contributed by atoms with Gasteiger partial charge in [0, 0.05) is 4.70 Å². The maximum absolute atomic E-state index is 12.1. The lowest BCUT2D eigenvalue weighted by Crippen LogP contribution is -2.42. The van der Waals surface area contributed by atoms with Gasteiger partial charge in [-0.2, -0.15) is 0 Å². The molecule has 5 heteroatoms. The third-order valence-corrected chi connectivity index (χ3v) is 4.11. The van der Waals surface area contributed by atoms with Crippen molar-refractivity contribution >= 4 is 44.5 Å². The van der Waals surface area contributed by atoms with E-state index in [1.54, 1.807) is 0 Å². The first-order valence-electron chi connectivity index (χ1n) is 5.70. The fourth-order valence-electron chi connectivity index (χ4n) is 1.70. The predicted molar refractivity (Wildman–Crippen MR) is 80.2 cm³/mol. The zero-order chi connectivity index (χ0) is 13.1. The first-order valence-corrected chi connectivity index (χ1v) is 6.93. The van der Waals surface area contributed by atoms with Gasteiger partial charge in [0.1, 0.15) is 0 Å². The van der Waals surface area contributed by atoms with Crippen LogP contribution in [0, 0.1) is 0 Å². The van der Waals surface area contributed by atoms with E-state index in [1.807, 2.05) is 37.3 Å². The Morgan fingerprint density at radius 1 is 1.50 bits per heavy atom. The van der Waals surface area contributed by atoms with Gasteiger partial charge in [0.05, 0.1) is 15.9 Å². The van der Waals surface area contributed by atoms with Crippen LogP contribution >= 0.6 is 23.6 Å². The maximum Gasteiger partial charge on any atom is 0.261 e. The quantitative estimate of drug-likeness (QED) is 0.845. The summed E-state index contributed by atoms with van der Waals surface area (Å²) in [6.45, 7) is 1.94. The van der Waals surface area contributed by atoms with Gasteiger partial charge in [-0.1, -0.05) is 37.3 Å². The average Bonchev–Trinajstić information content (AvgIpc) is 2.79. The minimum Gasteiger partial charge on any atom is -0.392 e. The molecule has 0 aliphatic rings. The highest BCUT2D eigenvalue weighted by molar-refractivity contribution is 7.80. The molecule has 0 fully saturated rings. The lowest BCUT2D eigenvalue weighted by molar-refractivity contribution is 0.0950.